The van der Waals surface area contributed by atoms with Crippen LogP contribution in [-0.4, -0.2) is 52.5 Å². The summed E-state index contributed by atoms with van der Waals surface area (Å²) in [6, 6.07) is 7.95. The average Bonchev–Trinajstić information content (AvgIpc) is 2.99. The molecule has 148 valence electrons. The van der Waals surface area contributed by atoms with Crippen molar-refractivity contribution in [2.24, 2.45) is 5.41 Å². The second-order valence-electron chi connectivity index (χ2n) is 8.10. The number of rotatable bonds is 5. The number of likely N-dealkylation sites (tertiary alicyclic amines) is 1. The zero-order valence-corrected chi connectivity index (χ0v) is 16.4. The number of β-amino-alcohol motifs (C(OH)–C–C–N with tert-alkyl or cyclic N) is 1. The molecule has 3 atom stereocenters. The van der Waals surface area contributed by atoms with E-state index in [1.165, 1.54) is 11.8 Å². The number of aliphatic hydroxyl groups excluding tert-OH is 1. The fraction of sp³-hybridized carbons (Fsp3) is 0.550. The van der Waals surface area contributed by atoms with E-state index in [0.29, 0.717) is 6.54 Å². The summed E-state index contributed by atoms with van der Waals surface area (Å²) in [6.45, 7) is 7.33. The molecule has 0 radical (unpaired) electrons. The number of hydrogen-bond donors (Lipinski definition) is 3. The molecule has 1 aliphatic heterocycles. The Morgan fingerprint density at radius 1 is 1.22 bits per heavy atom. The van der Waals surface area contributed by atoms with Crippen molar-refractivity contribution in [1.82, 2.24) is 15.5 Å². The van der Waals surface area contributed by atoms with E-state index in [1.807, 2.05) is 51.1 Å². The summed E-state index contributed by atoms with van der Waals surface area (Å²) in [6.07, 6.45) is -0.581. The molecule has 7 nitrogen and oxygen atoms in total. The Morgan fingerprint density at radius 2 is 1.85 bits per heavy atom. The molecular weight excluding hydrogens is 346 g/mol. The first-order chi connectivity index (χ1) is 12.6. The van der Waals surface area contributed by atoms with Crippen molar-refractivity contribution in [1.29, 1.82) is 0 Å². The summed E-state index contributed by atoms with van der Waals surface area (Å²) in [5, 5.41) is 15.6. The molecule has 0 saturated carbocycles. The van der Waals surface area contributed by atoms with E-state index in [1.54, 1.807) is 0 Å². The quantitative estimate of drug-likeness (QED) is 0.709. The third kappa shape index (κ3) is 5.53. The number of amides is 3. The highest BCUT2D eigenvalue weighted by Gasteiger charge is 2.44. The summed E-state index contributed by atoms with van der Waals surface area (Å²) in [5.41, 5.74) is 0.426. The minimum absolute atomic E-state index is 0.0778. The van der Waals surface area contributed by atoms with E-state index in [2.05, 4.69) is 10.6 Å². The van der Waals surface area contributed by atoms with Crippen LogP contribution in [0.15, 0.2) is 30.3 Å². The standard InChI is InChI=1S/C20H29N3O4/c1-13(24)22-17(20(2,3)4)19(27)23-12-15(25)10-16(23)18(26)21-11-14-8-6-5-7-9-14/h5-9,15-17,25H,10-12H2,1-4H3,(H,21,26)(H,22,24)/t15-,16+,17-/m1/s1. The maximum absolute atomic E-state index is 13.1. The van der Waals surface area contributed by atoms with Crippen molar-refractivity contribution in [2.45, 2.75) is 58.8 Å². The maximum atomic E-state index is 13.1. The minimum Gasteiger partial charge on any atom is -0.391 e. The Balaban J connectivity index is 2.12. The van der Waals surface area contributed by atoms with Crippen LogP contribution in [0.4, 0.5) is 0 Å². The molecular formula is C20H29N3O4. The zero-order valence-electron chi connectivity index (χ0n) is 16.4. The fourth-order valence-electron chi connectivity index (χ4n) is 3.23. The van der Waals surface area contributed by atoms with Crippen molar-refractivity contribution in [3.63, 3.8) is 0 Å². The summed E-state index contributed by atoms with van der Waals surface area (Å²) in [7, 11) is 0. The van der Waals surface area contributed by atoms with Crippen LogP contribution in [0.2, 0.25) is 0 Å². The van der Waals surface area contributed by atoms with Gasteiger partial charge in [-0.2, -0.15) is 0 Å². The van der Waals surface area contributed by atoms with Crippen molar-refractivity contribution < 1.29 is 19.5 Å². The molecule has 0 aromatic heterocycles. The van der Waals surface area contributed by atoms with Crippen LogP contribution >= 0.6 is 0 Å². The first kappa shape index (κ1) is 20.9. The average molecular weight is 375 g/mol. The molecule has 1 heterocycles. The Morgan fingerprint density at radius 3 is 2.41 bits per heavy atom. The number of benzene rings is 1. The predicted octanol–water partition coefficient (Wildman–Crippen LogP) is 0.815. The highest BCUT2D eigenvalue weighted by Crippen LogP contribution is 2.26. The Kier molecular flexibility index (Phi) is 6.59. The van der Waals surface area contributed by atoms with Crippen LogP contribution in [-0.2, 0) is 20.9 Å². The molecule has 1 aromatic carbocycles. The molecule has 7 heteroatoms. The van der Waals surface area contributed by atoms with Crippen LogP contribution in [0, 0.1) is 5.41 Å². The number of carbonyl (C=O) groups is 3. The van der Waals surface area contributed by atoms with E-state index in [-0.39, 0.29) is 30.7 Å². The largest absolute Gasteiger partial charge is 0.391 e. The molecule has 3 amide bonds. The molecule has 1 fully saturated rings. The van der Waals surface area contributed by atoms with Gasteiger partial charge in [-0.3, -0.25) is 14.4 Å². The SMILES string of the molecule is CC(=O)N[C@H](C(=O)N1C[C@H](O)C[C@H]1C(=O)NCc1ccccc1)C(C)(C)C. The maximum Gasteiger partial charge on any atom is 0.246 e. The minimum atomic E-state index is -0.773. The molecule has 0 aliphatic carbocycles. The number of nitrogens with zero attached hydrogens (tertiary/aromatic N) is 1. The molecule has 1 aliphatic rings. The second kappa shape index (κ2) is 8.52. The molecule has 0 bridgehead atoms. The third-order valence-corrected chi connectivity index (χ3v) is 4.63. The summed E-state index contributed by atoms with van der Waals surface area (Å²) < 4.78 is 0. The van der Waals surface area contributed by atoms with Crippen LogP contribution in [0.1, 0.15) is 39.7 Å². The van der Waals surface area contributed by atoms with Gasteiger partial charge in [-0.05, 0) is 11.0 Å². The van der Waals surface area contributed by atoms with Gasteiger partial charge in [0.2, 0.25) is 17.7 Å². The highest BCUT2D eigenvalue weighted by molar-refractivity contribution is 5.92. The molecule has 0 unspecified atom stereocenters. The Hall–Kier alpha value is -2.41. The van der Waals surface area contributed by atoms with Gasteiger partial charge in [0.25, 0.3) is 0 Å². The van der Waals surface area contributed by atoms with Crippen LogP contribution < -0.4 is 10.6 Å². The van der Waals surface area contributed by atoms with Crippen molar-refractivity contribution in [3.05, 3.63) is 35.9 Å². The number of carbonyl (C=O) groups excluding carboxylic acids is 3. The zero-order chi connectivity index (χ0) is 20.2. The highest BCUT2D eigenvalue weighted by atomic mass is 16.3. The normalized spacial score (nSPS) is 20.9. The number of hydrogen-bond acceptors (Lipinski definition) is 4. The molecule has 27 heavy (non-hydrogen) atoms. The van der Waals surface area contributed by atoms with Gasteiger partial charge < -0.3 is 20.6 Å². The van der Waals surface area contributed by atoms with E-state index in [0.717, 1.165) is 5.56 Å². The lowest BCUT2D eigenvalue weighted by Crippen LogP contribution is -2.57. The van der Waals surface area contributed by atoms with Crippen LogP contribution in [0.5, 0.6) is 0 Å². The first-order valence-electron chi connectivity index (χ1n) is 9.17. The van der Waals surface area contributed by atoms with E-state index in [9.17, 15) is 19.5 Å². The monoisotopic (exact) mass is 375 g/mol. The van der Waals surface area contributed by atoms with Crippen LogP contribution in [0.25, 0.3) is 0 Å². The molecule has 2 rings (SSSR count). The van der Waals surface area contributed by atoms with Gasteiger partial charge in [0.05, 0.1) is 6.10 Å². The van der Waals surface area contributed by atoms with E-state index in [4.69, 9.17) is 0 Å². The van der Waals surface area contributed by atoms with Gasteiger partial charge in [-0.15, -0.1) is 0 Å². The molecule has 3 N–H and O–H groups in total. The van der Waals surface area contributed by atoms with E-state index >= 15 is 0 Å². The van der Waals surface area contributed by atoms with Gasteiger partial charge in [0.1, 0.15) is 12.1 Å². The van der Waals surface area contributed by atoms with Gasteiger partial charge in [0, 0.05) is 26.4 Å². The number of aliphatic hydroxyl groups is 1. The van der Waals surface area contributed by atoms with Crippen molar-refractivity contribution in [3.8, 4) is 0 Å². The van der Waals surface area contributed by atoms with E-state index < -0.39 is 23.6 Å². The topological polar surface area (TPSA) is 98.7 Å². The predicted molar refractivity (Wildman–Crippen MR) is 101 cm³/mol. The summed E-state index contributed by atoms with van der Waals surface area (Å²) in [5.74, 6) is -0.971. The van der Waals surface area contributed by atoms with Gasteiger partial charge in [0.15, 0.2) is 0 Å². The lowest BCUT2D eigenvalue weighted by Gasteiger charge is -2.35. The lowest BCUT2D eigenvalue weighted by atomic mass is 9.85. The summed E-state index contributed by atoms with van der Waals surface area (Å²) >= 11 is 0. The lowest BCUT2D eigenvalue weighted by molar-refractivity contribution is -0.143. The Bertz CT molecular complexity index is 684. The van der Waals surface area contributed by atoms with Gasteiger partial charge >= 0.3 is 0 Å². The smallest absolute Gasteiger partial charge is 0.246 e. The van der Waals surface area contributed by atoms with Gasteiger partial charge in [-0.25, -0.2) is 0 Å². The van der Waals surface area contributed by atoms with Crippen LogP contribution in [0.3, 0.4) is 0 Å². The fourth-order valence-corrected chi connectivity index (χ4v) is 3.23. The number of nitrogens with one attached hydrogen (secondary N) is 2. The Labute approximate surface area is 160 Å². The van der Waals surface area contributed by atoms with Crippen molar-refractivity contribution >= 4 is 17.7 Å². The second-order valence-corrected chi connectivity index (χ2v) is 8.10. The molecule has 1 aromatic rings. The summed E-state index contributed by atoms with van der Waals surface area (Å²) in [4.78, 5) is 38.7. The molecule has 1 saturated heterocycles. The third-order valence-electron chi connectivity index (χ3n) is 4.63. The molecule has 0 spiro atoms. The first-order valence-corrected chi connectivity index (χ1v) is 9.17. The van der Waals surface area contributed by atoms with Crippen molar-refractivity contribution in [2.75, 3.05) is 6.54 Å². The van der Waals surface area contributed by atoms with Gasteiger partial charge in [-0.1, -0.05) is 51.1 Å².